The van der Waals surface area contributed by atoms with Gasteiger partial charge in [0.05, 0.1) is 34.4 Å². The zero-order valence-corrected chi connectivity index (χ0v) is 16.1. The highest BCUT2D eigenvalue weighted by molar-refractivity contribution is 6.21. The van der Waals surface area contributed by atoms with E-state index in [1.54, 1.807) is 26.8 Å². The largest absolute Gasteiger partial charge is 0.481 e. The summed E-state index contributed by atoms with van der Waals surface area (Å²) < 4.78 is 4.85. The van der Waals surface area contributed by atoms with Crippen LogP contribution in [0.4, 0.5) is 5.69 Å². The molecular weight excluding hydrogens is 376 g/mol. The molecule has 4 atom stereocenters. The van der Waals surface area contributed by atoms with E-state index >= 15 is 0 Å². The van der Waals surface area contributed by atoms with E-state index in [-0.39, 0.29) is 11.3 Å². The summed E-state index contributed by atoms with van der Waals surface area (Å²) in [6.45, 7) is 4.95. The van der Waals surface area contributed by atoms with Crippen LogP contribution in [0, 0.1) is 16.0 Å². The van der Waals surface area contributed by atoms with Crippen LogP contribution in [0.5, 0.6) is 0 Å². The molecule has 0 aliphatic carbocycles. The van der Waals surface area contributed by atoms with Crippen molar-refractivity contribution in [1.82, 2.24) is 5.32 Å². The molecule has 1 aliphatic rings. The van der Waals surface area contributed by atoms with Gasteiger partial charge in [-0.1, -0.05) is 12.1 Å². The fraction of sp³-hybridized carbons (Fsp3) is 0.444. The highest BCUT2D eigenvalue weighted by Crippen LogP contribution is 2.46. The van der Waals surface area contributed by atoms with Gasteiger partial charge in [-0.2, -0.15) is 0 Å². The van der Waals surface area contributed by atoms with Crippen LogP contribution in [0.1, 0.15) is 32.3 Å². The van der Waals surface area contributed by atoms with Crippen molar-refractivity contribution < 1.29 is 24.4 Å². The second kappa shape index (κ2) is 7.56. The number of nitro benzene ring substituents is 1. The second-order valence-electron chi connectivity index (χ2n) is 6.70. The van der Waals surface area contributed by atoms with Crippen LogP contribution in [0.3, 0.4) is 0 Å². The number of nitrogens with one attached hydrogen (secondary N) is 1. The fourth-order valence-electron chi connectivity index (χ4n) is 3.62. The molecule has 9 heteroatoms. The lowest BCUT2D eigenvalue weighted by Crippen LogP contribution is -2.61. The molecule has 8 nitrogen and oxygen atoms in total. The number of non-ortho nitro benzene ring substituents is 1. The number of alkyl halides is 1. The third-order valence-corrected chi connectivity index (χ3v) is 5.54. The highest BCUT2D eigenvalue weighted by Gasteiger charge is 2.53. The summed E-state index contributed by atoms with van der Waals surface area (Å²) in [5.41, 5.74) is -0.435. The number of allylic oxidation sites excluding steroid dienone is 1. The van der Waals surface area contributed by atoms with Gasteiger partial charge < -0.3 is 15.2 Å². The van der Waals surface area contributed by atoms with E-state index in [1.807, 2.05) is 0 Å². The molecular formula is C18H21ClN2O6. The third kappa shape index (κ3) is 3.62. The molecule has 0 bridgehead atoms. The van der Waals surface area contributed by atoms with Crippen molar-refractivity contribution in [3.8, 4) is 0 Å². The van der Waals surface area contributed by atoms with Gasteiger partial charge in [-0.3, -0.25) is 14.9 Å². The Balaban J connectivity index is 2.80. The monoisotopic (exact) mass is 396 g/mol. The standard InChI is InChI=1S/C18H21ClN2O6/c1-9-13(17(24)27-4)14(11-6-5-7-12(8-11)21(25)26)15(16(22)23)18(3,20-9)10(2)19/h5-8,10,14-15,20H,1-4H3,(H,22,23). The van der Waals surface area contributed by atoms with E-state index in [0.29, 0.717) is 11.3 Å². The number of methoxy groups -OCH3 is 1. The minimum Gasteiger partial charge on any atom is -0.481 e. The Morgan fingerprint density at radius 1 is 1.44 bits per heavy atom. The Bertz CT molecular complexity index is 822. The molecule has 0 fully saturated rings. The predicted molar refractivity (Wildman–Crippen MR) is 98.5 cm³/mol. The number of carbonyl (C=O) groups excluding carboxylic acids is 1. The molecule has 0 aromatic heterocycles. The van der Waals surface area contributed by atoms with Crippen LogP contribution in [-0.2, 0) is 14.3 Å². The molecule has 1 aliphatic heterocycles. The van der Waals surface area contributed by atoms with Crippen molar-refractivity contribution in [3.05, 3.63) is 51.2 Å². The number of rotatable bonds is 5. The molecule has 2 rings (SSSR count). The number of nitrogens with zero attached hydrogens (tertiary/aromatic N) is 1. The molecule has 4 unspecified atom stereocenters. The van der Waals surface area contributed by atoms with E-state index in [4.69, 9.17) is 16.3 Å². The van der Waals surface area contributed by atoms with Crippen LogP contribution in [-0.4, -0.2) is 40.0 Å². The number of halogens is 1. The van der Waals surface area contributed by atoms with Gasteiger partial charge in [0, 0.05) is 23.7 Å². The molecule has 146 valence electrons. The van der Waals surface area contributed by atoms with Crippen LogP contribution < -0.4 is 5.32 Å². The molecule has 2 N–H and O–H groups in total. The lowest BCUT2D eigenvalue weighted by atomic mass is 9.66. The van der Waals surface area contributed by atoms with Crippen molar-refractivity contribution in [3.63, 3.8) is 0 Å². The van der Waals surface area contributed by atoms with Crippen molar-refractivity contribution in [1.29, 1.82) is 0 Å². The lowest BCUT2D eigenvalue weighted by Gasteiger charge is -2.47. The minimum atomic E-state index is -1.18. The van der Waals surface area contributed by atoms with Gasteiger partial charge in [0.25, 0.3) is 5.69 Å². The maximum absolute atomic E-state index is 12.4. The number of carbonyl (C=O) groups is 2. The first-order valence-corrected chi connectivity index (χ1v) is 8.66. The summed E-state index contributed by atoms with van der Waals surface area (Å²) in [7, 11) is 1.20. The van der Waals surface area contributed by atoms with Gasteiger partial charge in [0.15, 0.2) is 0 Å². The summed E-state index contributed by atoms with van der Waals surface area (Å²) in [6.07, 6.45) is 0. The van der Waals surface area contributed by atoms with Gasteiger partial charge in [0.2, 0.25) is 0 Å². The molecule has 0 saturated carbocycles. The number of hydrogen-bond acceptors (Lipinski definition) is 6. The number of nitro groups is 1. The number of carboxylic acid groups (broad SMARTS) is 1. The van der Waals surface area contributed by atoms with Crippen molar-refractivity contribution >= 4 is 29.2 Å². The number of carboxylic acids is 1. The maximum Gasteiger partial charge on any atom is 0.336 e. The van der Waals surface area contributed by atoms with E-state index in [9.17, 15) is 24.8 Å². The molecule has 0 radical (unpaired) electrons. The fourth-order valence-corrected chi connectivity index (χ4v) is 3.81. The van der Waals surface area contributed by atoms with Gasteiger partial charge >= 0.3 is 11.9 Å². The van der Waals surface area contributed by atoms with Crippen LogP contribution in [0.15, 0.2) is 35.5 Å². The molecule has 1 aromatic carbocycles. The Morgan fingerprint density at radius 3 is 2.56 bits per heavy atom. The smallest absolute Gasteiger partial charge is 0.336 e. The van der Waals surface area contributed by atoms with Gasteiger partial charge in [-0.15, -0.1) is 11.6 Å². The number of hydrogen-bond donors (Lipinski definition) is 2. The minimum absolute atomic E-state index is 0.111. The van der Waals surface area contributed by atoms with E-state index in [1.165, 1.54) is 25.3 Å². The van der Waals surface area contributed by atoms with E-state index < -0.39 is 39.6 Å². The summed E-state index contributed by atoms with van der Waals surface area (Å²) in [5.74, 6) is -4.01. The normalized spacial score (nSPS) is 26.1. The van der Waals surface area contributed by atoms with Crippen LogP contribution in [0.25, 0.3) is 0 Å². The first-order chi connectivity index (χ1) is 12.5. The Hall–Kier alpha value is -2.61. The second-order valence-corrected chi connectivity index (χ2v) is 7.35. The molecule has 0 amide bonds. The Morgan fingerprint density at radius 2 is 2.07 bits per heavy atom. The van der Waals surface area contributed by atoms with Gasteiger partial charge in [0.1, 0.15) is 0 Å². The predicted octanol–water partition coefficient (Wildman–Crippen LogP) is 2.82. The number of ether oxygens (including phenoxy) is 1. The highest BCUT2D eigenvalue weighted by atomic mass is 35.5. The lowest BCUT2D eigenvalue weighted by molar-refractivity contribution is -0.384. The quantitative estimate of drug-likeness (QED) is 0.340. The van der Waals surface area contributed by atoms with Crippen LogP contribution >= 0.6 is 11.6 Å². The summed E-state index contributed by atoms with van der Waals surface area (Å²) in [6, 6.07) is 5.61. The van der Waals surface area contributed by atoms with Crippen molar-refractivity contribution in [2.45, 2.75) is 37.6 Å². The number of benzene rings is 1. The van der Waals surface area contributed by atoms with Gasteiger partial charge in [-0.05, 0) is 26.3 Å². The topological polar surface area (TPSA) is 119 Å². The maximum atomic E-state index is 12.4. The Labute approximate surface area is 161 Å². The van der Waals surface area contributed by atoms with E-state index in [0.717, 1.165) is 0 Å². The third-order valence-electron chi connectivity index (χ3n) is 5.09. The van der Waals surface area contributed by atoms with Crippen LogP contribution in [0.2, 0.25) is 0 Å². The molecule has 1 heterocycles. The zero-order chi connectivity index (χ0) is 20.5. The average Bonchev–Trinajstić information content (AvgIpc) is 2.60. The zero-order valence-electron chi connectivity index (χ0n) is 15.4. The summed E-state index contributed by atoms with van der Waals surface area (Å²) >= 11 is 6.32. The molecule has 27 heavy (non-hydrogen) atoms. The first-order valence-electron chi connectivity index (χ1n) is 8.23. The average molecular weight is 397 g/mol. The summed E-state index contributed by atoms with van der Waals surface area (Å²) in [5, 5.41) is 23.6. The van der Waals surface area contributed by atoms with E-state index in [2.05, 4.69) is 5.32 Å². The first kappa shape index (κ1) is 20.7. The van der Waals surface area contributed by atoms with Crippen molar-refractivity contribution in [2.75, 3.05) is 7.11 Å². The summed E-state index contributed by atoms with van der Waals surface area (Å²) in [4.78, 5) is 35.3. The molecule has 1 aromatic rings. The van der Waals surface area contributed by atoms with Gasteiger partial charge in [-0.25, -0.2) is 4.79 Å². The van der Waals surface area contributed by atoms with Crippen molar-refractivity contribution in [2.24, 2.45) is 5.92 Å². The SMILES string of the molecule is COC(=O)C1=C(C)NC(C)(C(C)Cl)C(C(=O)O)C1c1cccc([N+](=O)[O-])c1. The Kier molecular flexibility index (Phi) is 5.79. The molecule has 0 saturated heterocycles. The molecule has 0 spiro atoms. The number of aliphatic carboxylic acids is 1. The number of esters is 1.